The Morgan fingerprint density at radius 2 is 1.80 bits per heavy atom. The standard InChI is InChI=1S/C16H19N3O/c20-16(19-13-14-5-2-1-3-6-14)8-10-18-12-15-7-4-9-17-11-15/h1-7,9,11,18H,8,10,12-13H2,(H,19,20). The summed E-state index contributed by atoms with van der Waals surface area (Å²) in [6.45, 7) is 1.98. The molecule has 20 heavy (non-hydrogen) atoms. The van der Waals surface area contributed by atoms with Gasteiger partial charge >= 0.3 is 0 Å². The van der Waals surface area contributed by atoms with Gasteiger partial charge in [-0.15, -0.1) is 0 Å². The van der Waals surface area contributed by atoms with Crippen molar-refractivity contribution in [2.45, 2.75) is 19.5 Å². The number of amides is 1. The minimum atomic E-state index is 0.0625. The van der Waals surface area contributed by atoms with Crippen LogP contribution in [0.4, 0.5) is 0 Å². The van der Waals surface area contributed by atoms with Crippen molar-refractivity contribution >= 4 is 5.91 Å². The molecular formula is C16H19N3O. The molecule has 1 amide bonds. The molecule has 0 aliphatic carbocycles. The molecule has 2 aromatic rings. The molecule has 0 aliphatic heterocycles. The Labute approximate surface area is 119 Å². The highest BCUT2D eigenvalue weighted by Crippen LogP contribution is 1.97. The van der Waals surface area contributed by atoms with E-state index >= 15 is 0 Å². The van der Waals surface area contributed by atoms with Crippen LogP contribution >= 0.6 is 0 Å². The van der Waals surface area contributed by atoms with Gasteiger partial charge in [0.05, 0.1) is 0 Å². The summed E-state index contributed by atoms with van der Waals surface area (Å²) in [5.74, 6) is 0.0625. The van der Waals surface area contributed by atoms with E-state index in [1.165, 1.54) is 0 Å². The summed E-state index contributed by atoms with van der Waals surface area (Å²) in [4.78, 5) is 15.7. The van der Waals surface area contributed by atoms with Gasteiger partial charge in [-0.25, -0.2) is 0 Å². The monoisotopic (exact) mass is 269 g/mol. The fourth-order valence-corrected chi connectivity index (χ4v) is 1.82. The zero-order chi connectivity index (χ0) is 14.0. The Kier molecular flexibility index (Phi) is 5.73. The van der Waals surface area contributed by atoms with Crippen molar-refractivity contribution in [2.75, 3.05) is 6.54 Å². The number of aromatic nitrogens is 1. The molecule has 1 aromatic heterocycles. The predicted octanol–water partition coefficient (Wildman–Crippen LogP) is 1.88. The fourth-order valence-electron chi connectivity index (χ4n) is 1.82. The molecule has 0 spiro atoms. The van der Waals surface area contributed by atoms with Gasteiger partial charge in [-0.05, 0) is 17.2 Å². The van der Waals surface area contributed by atoms with E-state index in [0.717, 1.165) is 17.7 Å². The number of hydrogen-bond acceptors (Lipinski definition) is 3. The molecule has 2 rings (SSSR count). The van der Waals surface area contributed by atoms with Gasteiger partial charge < -0.3 is 10.6 Å². The number of hydrogen-bond donors (Lipinski definition) is 2. The van der Waals surface area contributed by atoms with Crippen molar-refractivity contribution < 1.29 is 4.79 Å². The molecule has 2 N–H and O–H groups in total. The molecule has 0 fully saturated rings. The molecule has 104 valence electrons. The second-order valence-electron chi connectivity index (χ2n) is 4.55. The van der Waals surface area contributed by atoms with E-state index < -0.39 is 0 Å². The molecule has 0 atom stereocenters. The molecule has 0 saturated heterocycles. The van der Waals surface area contributed by atoms with Crippen molar-refractivity contribution in [1.82, 2.24) is 15.6 Å². The van der Waals surface area contributed by atoms with Crippen LogP contribution in [0.3, 0.4) is 0 Å². The van der Waals surface area contributed by atoms with Crippen molar-refractivity contribution in [1.29, 1.82) is 0 Å². The van der Waals surface area contributed by atoms with Crippen molar-refractivity contribution in [3.05, 3.63) is 66.0 Å². The molecule has 1 heterocycles. The lowest BCUT2D eigenvalue weighted by Gasteiger charge is -2.06. The molecule has 0 saturated carbocycles. The first kappa shape index (κ1) is 14.2. The normalized spacial score (nSPS) is 10.2. The van der Waals surface area contributed by atoms with Crippen LogP contribution in [0.1, 0.15) is 17.5 Å². The van der Waals surface area contributed by atoms with Crippen LogP contribution in [0.15, 0.2) is 54.9 Å². The van der Waals surface area contributed by atoms with Gasteiger partial charge in [0, 0.05) is 38.4 Å². The maximum Gasteiger partial charge on any atom is 0.221 e. The Balaban J connectivity index is 1.59. The first-order chi connectivity index (χ1) is 9.84. The highest BCUT2D eigenvalue weighted by Gasteiger charge is 2.00. The lowest BCUT2D eigenvalue weighted by atomic mass is 10.2. The minimum absolute atomic E-state index is 0.0625. The first-order valence-electron chi connectivity index (χ1n) is 6.75. The van der Waals surface area contributed by atoms with E-state index in [0.29, 0.717) is 19.5 Å². The minimum Gasteiger partial charge on any atom is -0.352 e. The maximum absolute atomic E-state index is 11.7. The van der Waals surface area contributed by atoms with E-state index in [9.17, 15) is 4.79 Å². The number of rotatable bonds is 7. The van der Waals surface area contributed by atoms with Gasteiger partial charge in [0.25, 0.3) is 0 Å². The third-order valence-corrected chi connectivity index (χ3v) is 2.91. The number of nitrogens with zero attached hydrogens (tertiary/aromatic N) is 1. The number of nitrogens with one attached hydrogen (secondary N) is 2. The summed E-state index contributed by atoms with van der Waals surface area (Å²) < 4.78 is 0. The number of carbonyl (C=O) groups excluding carboxylic acids is 1. The average molecular weight is 269 g/mol. The van der Waals surface area contributed by atoms with Crippen LogP contribution in [0.2, 0.25) is 0 Å². The van der Waals surface area contributed by atoms with Crippen LogP contribution < -0.4 is 10.6 Å². The lowest BCUT2D eigenvalue weighted by molar-refractivity contribution is -0.121. The van der Waals surface area contributed by atoms with Crippen molar-refractivity contribution in [3.8, 4) is 0 Å². The van der Waals surface area contributed by atoms with E-state index in [4.69, 9.17) is 0 Å². The molecule has 0 radical (unpaired) electrons. The zero-order valence-corrected chi connectivity index (χ0v) is 11.4. The molecule has 0 unspecified atom stereocenters. The maximum atomic E-state index is 11.7. The quantitative estimate of drug-likeness (QED) is 0.755. The van der Waals surface area contributed by atoms with Crippen LogP contribution in [0, 0.1) is 0 Å². The molecule has 1 aromatic carbocycles. The first-order valence-corrected chi connectivity index (χ1v) is 6.75. The lowest BCUT2D eigenvalue weighted by Crippen LogP contribution is -2.27. The van der Waals surface area contributed by atoms with E-state index in [2.05, 4.69) is 15.6 Å². The van der Waals surface area contributed by atoms with Gasteiger partial charge in [0.1, 0.15) is 0 Å². The highest BCUT2D eigenvalue weighted by molar-refractivity contribution is 5.76. The summed E-state index contributed by atoms with van der Waals surface area (Å²) in [5.41, 5.74) is 2.24. The Hall–Kier alpha value is -2.20. The summed E-state index contributed by atoms with van der Waals surface area (Å²) in [6, 6.07) is 13.8. The Morgan fingerprint density at radius 3 is 2.55 bits per heavy atom. The van der Waals surface area contributed by atoms with Crippen LogP contribution in [-0.2, 0) is 17.9 Å². The van der Waals surface area contributed by atoms with Gasteiger partial charge in [-0.3, -0.25) is 9.78 Å². The fraction of sp³-hybridized carbons (Fsp3) is 0.250. The number of carbonyl (C=O) groups is 1. The van der Waals surface area contributed by atoms with Crippen LogP contribution in [0.5, 0.6) is 0 Å². The SMILES string of the molecule is O=C(CCNCc1cccnc1)NCc1ccccc1. The molecule has 4 heteroatoms. The highest BCUT2D eigenvalue weighted by atomic mass is 16.1. The molecule has 4 nitrogen and oxygen atoms in total. The molecule has 0 aliphatic rings. The summed E-state index contributed by atoms with van der Waals surface area (Å²) in [6.07, 6.45) is 4.05. The largest absolute Gasteiger partial charge is 0.352 e. The van der Waals surface area contributed by atoms with Crippen molar-refractivity contribution in [3.63, 3.8) is 0 Å². The van der Waals surface area contributed by atoms with Gasteiger partial charge in [0.2, 0.25) is 5.91 Å². The second kappa shape index (κ2) is 8.07. The third kappa shape index (κ3) is 5.20. The van der Waals surface area contributed by atoms with Crippen molar-refractivity contribution in [2.24, 2.45) is 0 Å². The summed E-state index contributed by atoms with van der Waals surface area (Å²) >= 11 is 0. The van der Waals surface area contributed by atoms with Crippen LogP contribution in [0.25, 0.3) is 0 Å². The average Bonchev–Trinajstić information content (AvgIpc) is 2.52. The van der Waals surface area contributed by atoms with Gasteiger partial charge in [0.15, 0.2) is 0 Å². The van der Waals surface area contributed by atoms with Gasteiger partial charge in [-0.1, -0.05) is 36.4 Å². The second-order valence-corrected chi connectivity index (χ2v) is 4.55. The summed E-state index contributed by atoms with van der Waals surface area (Å²) in [7, 11) is 0. The van der Waals surface area contributed by atoms with E-state index in [1.54, 1.807) is 6.20 Å². The number of benzene rings is 1. The molecular weight excluding hydrogens is 250 g/mol. The van der Waals surface area contributed by atoms with Crippen LogP contribution in [-0.4, -0.2) is 17.4 Å². The zero-order valence-electron chi connectivity index (χ0n) is 11.4. The van der Waals surface area contributed by atoms with E-state index in [1.807, 2.05) is 48.7 Å². The number of pyridine rings is 1. The van der Waals surface area contributed by atoms with Gasteiger partial charge in [-0.2, -0.15) is 0 Å². The summed E-state index contributed by atoms with van der Waals surface area (Å²) in [5, 5.41) is 6.14. The Morgan fingerprint density at radius 1 is 1.00 bits per heavy atom. The molecule has 0 bridgehead atoms. The predicted molar refractivity (Wildman–Crippen MR) is 78.8 cm³/mol. The van der Waals surface area contributed by atoms with E-state index in [-0.39, 0.29) is 5.91 Å². The Bertz CT molecular complexity index is 514. The topological polar surface area (TPSA) is 54.0 Å². The third-order valence-electron chi connectivity index (χ3n) is 2.91. The smallest absolute Gasteiger partial charge is 0.221 e.